The molecule has 0 N–H and O–H groups in total. The molecule has 1 aliphatic carbocycles. The van der Waals surface area contributed by atoms with Gasteiger partial charge in [0.2, 0.25) is 5.88 Å². The molecule has 8 heterocycles. The van der Waals surface area contributed by atoms with Gasteiger partial charge in [-0.25, -0.2) is 19.4 Å². The molecule has 5 fully saturated rings. The number of piperazine rings is 1. The third-order valence-electron chi connectivity index (χ3n) is 9.98. The number of rotatable bonds is 8. The zero-order valence-corrected chi connectivity index (χ0v) is 24.6. The Kier molecular flexibility index (Phi) is 6.61. The maximum absolute atomic E-state index is 13.0. The van der Waals surface area contributed by atoms with E-state index in [1.807, 2.05) is 36.7 Å². The van der Waals surface area contributed by atoms with Gasteiger partial charge in [-0.15, -0.1) is 0 Å². The molecule has 2 bridgehead atoms. The van der Waals surface area contributed by atoms with Crippen LogP contribution in [0.3, 0.4) is 0 Å². The number of pyridine rings is 3. The van der Waals surface area contributed by atoms with Crippen LogP contribution in [0.4, 0.5) is 19.0 Å². The second kappa shape index (κ2) is 10.6. The van der Waals surface area contributed by atoms with Crippen LogP contribution in [0.2, 0.25) is 0 Å². The molecule has 232 valence electrons. The first kappa shape index (κ1) is 28.1. The van der Waals surface area contributed by atoms with Crippen LogP contribution >= 0.6 is 0 Å². The van der Waals surface area contributed by atoms with Crippen molar-refractivity contribution in [3.63, 3.8) is 0 Å². The summed E-state index contributed by atoms with van der Waals surface area (Å²) < 4.78 is 52.0. The summed E-state index contributed by atoms with van der Waals surface area (Å²) in [5.74, 6) is 2.20. The smallest absolute Gasteiger partial charge is 0.459 e. The monoisotopic (exact) mass is 616 g/mol. The van der Waals surface area contributed by atoms with Crippen LogP contribution in [-0.2, 0) is 6.54 Å². The molecule has 10 nitrogen and oxygen atoms in total. The van der Waals surface area contributed by atoms with Crippen LogP contribution in [0.25, 0.3) is 16.6 Å². The van der Waals surface area contributed by atoms with Gasteiger partial charge in [0.1, 0.15) is 17.6 Å². The number of anilines is 1. The van der Waals surface area contributed by atoms with Crippen LogP contribution in [0.15, 0.2) is 55.1 Å². The van der Waals surface area contributed by atoms with E-state index in [-0.39, 0.29) is 30.8 Å². The molecule has 5 aliphatic rings. The number of halogens is 3. The molecule has 9 rings (SSSR count). The summed E-state index contributed by atoms with van der Waals surface area (Å²) in [6.07, 6.45) is 3.84. The average molecular weight is 617 g/mol. The Morgan fingerprint density at radius 3 is 2.44 bits per heavy atom. The van der Waals surface area contributed by atoms with Crippen molar-refractivity contribution in [2.24, 2.45) is 17.8 Å². The number of likely N-dealkylation sites (tertiary alicyclic amines) is 1. The minimum absolute atomic E-state index is 0.00817. The number of fused-ring (bicyclic) bond motifs is 4. The summed E-state index contributed by atoms with van der Waals surface area (Å²) in [5.41, 5.74) is 3.86. The first-order valence-corrected chi connectivity index (χ1v) is 15.1. The van der Waals surface area contributed by atoms with Gasteiger partial charge in [-0.1, -0.05) is 6.07 Å². The van der Waals surface area contributed by atoms with Crippen LogP contribution in [0, 0.1) is 29.1 Å². The Labute approximate surface area is 257 Å². The molecule has 4 aromatic heterocycles. The maximum Gasteiger partial charge on any atom is 0.459 e. The first-order chi connectivity index (χ1) is 21.8. The lowest BCUT2D eigenvalue weighted by atomic mass is 9.87. The predicted octanol–water partition coefficient (Wildman–Crippen LogP) is 4.21. The quantitative estimate of drug-likeness (QED) is 0.270. The number of nitrogens with zero attached hydrogens (tertiary/aromatic N) is 8. The summed E-state index contributed by atoms with van der Waals surface area (Å²) in [6.45, 7) is 3.06. The molecular weight excluding hydrogens is 585 g/mol. The molecular formula is C32H31F3N8O2. The zero-order valence-electron chi connectivity index (χ0n) is 24.6. The SMILES string of the molecule is COc1ccc(CN2C3CC2CN(c2ccc(-c4cc(OCC5C6CN(C(F)(F)F)CC56)cn5ncc(C#N)c45)cn2)C3)cn1. The van der Waals surface area contributed by atoms with Gasteiger partial charge in [-0.2, -0.15) is 23.5 Å². The molecule has 0 aromatic carbocycles. The van der Waals surface area contributed by atoms with Gasteiger partial charge in [0.15, 0.2) is 0 Å². The highest BCUT2D eigenvalue weighted by Gasteiger charge is 2.60. The first-order valence-electron chi connectivity index (χ1n) is 15.1. The number of methoxy groups -OCH3 is 1. The molecule has 4 atom stereocenters. The molecule has 0 amide bonds. The third kappa shape index (κ3) is 5.02. The summed E-state index contributed by atoms with van der Waals surface area (Å²) in [7, 11) is 1.62. The summed E-state index contributed by atoms with van der Waals surface area (Å²) in [5, 5.41) is 14.1. The van der Waals surface area contributed by atoms with E-state index in [2.05, 4.69) is 32.0 Å². The van der Waals surface area contributed by atoms with Gasteiger partial charge in [0.25, 0.3) is 0 Å². The van der Waals surface area contributed by atoms with E-state index in [1.165, 1.54) is 18.2 Å². The minimum Gasteiger partial charge on any atom is -0.492 e. The number of ether oxygens (including phenoxy) is 2. The molecule has 4 aliphatic heterocycles. The Bertz CT molecular complexity index is 1750. The fourth-order valence-electron chi connectivity index (χ4n) is 7.47. The Morgan fingerprint density at radius 2 is 1.80 bits per heavy atom. The fraction of sp³-hybridized carbons (Fsp3) is 0.438. The van der Waals surface area contributed by atoms with Crippen molar-refractivity contribution in [3.8, 4) is 28.8 Å². The summed E-state index contributed by atoms with van der Waals surface area (Å²) in [6, 6.07) is 13.0. The van der Waals surface area contributed by atoms with E-state index in [0.29, 0.717) is 46.3 Å². The van der Waals surface area contributed by atoms with Gasteiger partial charge >= 0.3 is 6.30 Å². The van der Waals surface area contributed by atoms with Gasteiger partial charge in [-0.3, -0.25) is 4.90 Å². The number of piperidine rings is 2. The molecule has 4 saturated heterocycles. The van der Waals surface area contributed by atoms with Crippen molar-refractivity contribution in [3.05, 3.63) is 66.2 Å². The van der Waals surface area contributed by atoms with Crippen LogP contribution < -0.4 is 14.4 Å². The summed E-state index contributed by atoms with van der Waals surface area (Å²) >= 11 is 0. The highest BCUT2D eigenvalue weighted by molar-refractivity contribution is 5.85. The molecule has 1 saturated carbocycles. The van der Waals surface area contributed by atoms with Crippen molar-refractivity contribution >= 4 is 11.3 Å². The van der Waals surface area contributed by atoms with Gasteiger partial charge in [0.05, 0.1) is 37.2 Å². The van der Waals surface area contributed by atoms with Crippen molar-refractivity contribution in [1.82, 2.24) is 29.4 Å². The van der Waals surface area contributed by atoms with Crippen LogP contribution in [0.1, 0.15) is 17.5 Å². The summed E-state index contributed by atoms with van der Waals surface area (Å²) in [4.78, 5) is 14.6. The molecule has 45 heavy (non-hydrogen) atoms. The van der Waals surface area contributed by atoms with E-state index in [0.717, 1.165) is 36.6 Å². The van der Waals surface area contributed by atoms with E-state index < -0.39 is 6.30 Å². The van der Waals surface area contributed by atoms with Crippen molar-refractivity contribution in [2.45, 2.75) is 31.3 Å². The van der Waals surface area contributed by atoms with Crippen LogP contribution in [0.5, 0.6) is 11.6 Å². The second-order valence-electron chi connectivity index (χ2n) is 12.5. The molecule has 0 spiro atoms. The third-order valence-corrected chi connectivity index (χ3v) is 9.98. The Morgan fingerprint density at radius 1 is 1.00 bits per heavy atom. The minimum atomic E-state index is -4.27. The highest BCUT2D eigenvalue weighted by Crippen LogP contribution is 2.53. The van der Waals surface area contributed by atoms with Crippen molar-refractivity contribution in [1.29, 1.82) is 5.26 Å². The van der Waals surface area contributed by atoms with E-state index >= 15 is 0 Å². The van der Waals surface area contributed by atoms with Crippen LogP contribution in [-0.4, -0.2) is 87.7 Å². The van der Waals surface area contributed by atoms with E-state index in [9.17, 15) is 18.4 Å². The Hall–Kier alpha value is -4.41. The molecule has 13 heteroatoms. The number of hydrogen-bond acceptors (Lipinski definition) is 9. The van der Waals surface area contributed by atoms with Crippen molar-refractivity contribution in [2.75, 3.05) is 44.8 Å². The van der Waals surface area contributed by atoms with Gasteiger partial charge in [0, 0.05) is 80.3 Å². The topological polar surface area (TPSA) is 95.1 Å². The second-order valence-corrected chi connectivity index (χ2v) is 12.5. The van der Waals surface area contributed by atoms with E-state index in [1.54, 1.807) is 17.8 Å². The largest absolute Gasteiger partial charge is 0.492 e. The fourth-order valence-corrected chi connectivity index (χ4v) is 7.47. The highest BCUT2D eigenvalue weighted by atomic mass is 19.4. The average Bonchev–Trinajstić information content (AvgIpc) is 3.34. The predicted molar refractivity (Wildman–Crippen MR) is 157 cm³/mol. The Balaban J connectivity index is 0.954. The maximum atomic E-state index is 13.0. The number of alkyl halides is 3. The number of aromatic nitrogens is 4. The van der Waals surface area contributed by atoms with Crippen molar-refractivity contribution < 1.29 is 22.6 Å². The molecule has 4 unspecified atom stereocenters. The number of nitriles is 1. The lowest BCUT2D eigenvalue weighted by Crippen LogP contribution is -2.68. The standard InChI is InChI=1S/C32H31F3N8O2/c1-44-30-5-2-19(9-38-30)12-42-22-6-23(42)14-40(13-22)29-4-3-20(10-37-29)25-7-24(15-43-31(25)21(8-36)11-39-43)45-18-28-26-16-41(17-27(26)28)32(33,34)35/h2-5,7,9-11,15,22-23,26-28H,6,12-14,16-18H2,1H3. The lowest BCUT2D eigenvalue weighted by molar-refractivity contribution is -0.242. The van der Waals surface area contributed by atoms with Gasteiger partial charge < -0.3 is 14.4 Å². The molecule has 4 aromatic rings. The van der Waals surface area contributed by atoms with E-state index in [4.69, 9.17) is 14.5 Å². The molecule has 0 radical (unpaired) electrons. The van der Waals surface area contributed by atoms with Gasteiger partial charge in [-0.05, 0) is 42.0 Å². The normalized spacial score (nSPS) is 25.9. The zero-order chi connectivity index (χ0) is 30.9. The lowest BCUT2D eigenvalue weighted by Gasteiger charge is -2.56. The number of hydrogen-bond donors (Lipinski definition) is 0.